The Bertz CT molecular complexity index is 812. The number of ether oxygens (including phenoxy) is 3. The summed E-state index contributed by atoms with van der Waals surface area (Å²) in [4.78, 5) is 0. The Hall–Kier alpha value is -2.40. The number of hydrogen-bond donors (Lipinski definition) is 0. The van der Waals surface area contributed by atoms with Crippen LogP contribution in [-0.4, -0.2) is 31.1 Å². The topological polar surface area (TPSA) is 45.5 Å². The minimum absolute atomic E-state index is 0.498. The molecule has 22 heavy (non-hydrogen) atoms. The molecule has 0 amide bonds. The van der Waals surface area contributed by atoms with Crippen molar-refractivity contribution in [2.75, 3.05) is 21.3 Å². The minimum Gasteiger partial charge on any atom is -0.497 e. The van der Waals surface area contributed by atoms with Crippen LogP contribution in [0.4, 0.5) is 0 Å². The van der Waals surface area contributed by atoms with Gasteiger partial charge in [-0.15, -0.1) is 0 Å². The number of aromatic nitrogens is 2. The van der Waals surface area contributed by atoms with Gasteiger partial charge in [0.05, 0.1) is 27.0 Å². The Balaban J connectivity index is 2.20. The van der Waals surface area contributed by atoms with Gasteiger partial charge in [-0.3, -0.25) is 0 Å². The molecule has 0 spiro atoms. The molecule has 0 saturated heterocycles. The molecule has 1 aromatic heterocycles. The number of hydrogen-bond acceptors (Lipinski definition) is 4. The molecule has 0 saturated carbocycles. The van der Waals surface area contributed by atoms with E-state index in [9.17, 15) is 0 Å². The Kier molecular flexibility index (Phi) is 3.81. The summed E-state index contributed by atoms with van der Waals surface area (Å²) in [6, 6.07) is 11.1. The molecule has 5 nitrogen and oxygen atoms in total. The van der Waals surface area contributed by atoms with Crippen LogP contribution in [0.25, 0.3) is 16.6 Å². The second-order valence-electron chi connectivity index (χ2n) is 4.63. The largest absolute Gasteiger partial charge is 0.497 e. The second-order valence-corrected chi connectivity index (χ2v) is 4.98. The zero-order valence-electron chi connectivity index (χ0n) is 12.5. The lowest BCUT2D eigenvalue weighted by Gasteiger charge is -2.04. The Morgan fingerprint density at radius 2 is 1.59 bits per heavy atom. The van der Waals surface area contributed by atoms with Crippen molar-refractivity contribution in [1.82, 2.24) is 9.78 Å². The molecule has 1 heterocycles. The summed E-state index contributed by atoms with van der Waals surface area (Å²) in [6.07, 6.45) is 0. The van der Waals surface area contributed by atoms with E-state index < -0.39 is 0 Å². The van der Waals surface area contributed by atoms with Crippen molar-refractivity contribution in [3.63, 3.8) is 0 Å². The van der Waals surface area contributed by atoms with Gasteiger partial charge in [0.2, 0.25) is 0 Å². The molecule has 114 valence electrons. The summed E-state index contributed by atoms with van der Waals surface area (Å²) in [6.45, 7) is 0. The van der Waals surface area contributed by atoms with Gasteiger partial charge < -0.3 is 14.2 Å². The standard InChI is InChI=1S/C16H15ClN2O3/c1-20-11-6-4-10(5-7-11)19-16(17)13-8-12(21-2)9-14(22-3)15(13)18-19/h4-9H,1-3H3. The highest BCUT2D eigenvalue weighted by Gasteiger charge is 2.16. The highest BCUT2D eigenvalue weighted by molar-refractivity contribution is 6.35. The molecule has 0 aliphatic heterocycles. The van der Waals surface area contributed by atoms with Crippen molar-refractivity contribution in [1.29, 1.82) is 0 Å². The molecular weight excluding hydrogens is 304 g/mol. The van der Waals surface area contributed by atoms with Crippen molar-refractivity contribution in [2.45, 2.75) is 0 Å². The first-order valence-corrected chi connectivity index (χ1v) is 7.00. The van der Waals surface area contributed by atoms with Crippen LogP contribution in [0.15, 0.2) is 36.4 Å². The summed E-state index contributed by atoms with van der Waals surface area (Å²) in [5, 5.41) is 5.82. The maximum absolute atomic E-state index is 6.48. The fraction of sp³-hybridized carbons (Fsp3) is 0.188. The van der Waals surface area contributed by atoms with Crippen LogP contribution in [0.2, 0.25) is 5.15 Å². The molecular formula is C16H15ClN2O3. The van der Waals surface area contributed by atoms with Crippen LogP contribution >= 0.6 is 11.6 Å². The fourth-order valence-electron chi connectivity index (χ4n) is 2.27. The van der Waals surface area contributed by atoms with E-state index in [-0.39, 0.29) is 0 Å². The van der Waals surface area contributed by atoms with E-state index in [0.29, 0.717) is 22.2 Å². The third kappa shape index (κ3) is 2.33. The monoisotopic (exact) mass is 318 g/mol. The van der Waals surface area contributed by atoms with Crippen LogP contribution in [0.5, 0.6) is 17.2 Å². The lowest BCUT2D eigenvalue weighted by atomic mass is 10.2. The SMILES string of the molecule is COc1ccc(-n2nc3c(OC)cc(OC)cc3c2Cl)cc1. The zero-order valence-corrected chi connectivity index (χ0v) is 13.2. The van der Waals surface area contributed by atoms with Crippen LogP contribution in [-0.2, 0) is 0 Å². The lowest BCUT2D eigenvalue weighted by molar-refractivity contribution is 0.397. The van der Waals surface area contributed by atoms with Crippen molar-refractivity contribution in [2.24, 2.45) is 0 Å². The maximum Gasteiger partial charge on any atom is 0.150 e. The molecule has 3 aromatic rings. The molecule has 0 aliphatic carbocycles. The highest BCUT2D eigenvalue weighted by atomic mass is 35.5. The van der Waals surface area contributed by atoms with Crippen LogP contribution in [0.1, 0.15) is 0 Å². The van der Waals surface area contributed by atoms with Gasteiger partial charge in [0.1, 0.15) is 22.2 Å². The summed E-state index contributed by atoms with van der Waals surface area (Å²) >= 11 is 6.48. The number of methoxy groups -OCH3 is 3. The van der Waals surface area contributed by atoms with Gasteiger partial charge in [-0.25, -0.2) is 4.68 Å². The van der Waals surface area contributed by atoms with Crippen molar-refractivity contribution in [3.8, 4) is 22.9 Å². The average Bonchev–Trinajstić information content (AvgIpc) is 2.91. The Morgan fingerprint density at radius 1 is 0.909 bits per heavy atom. The van der Waals surface area contributed by atoms with E-state index in [1.165, 1.54) is 0 Å². The molecule has 0 unspecified atom stereocenters. The van der Waals surface area contributed by atoms with Gasteiger partial charge in [-0.05, 0) is 30.3 Å². The first-order chi connectivity index (χ1) is 10.7. The van der Waals surface area contributed by atoms with Crippen LogP contribution in [0.3, 0.4) is 0 Å². The third-order valence-electron chi connectivity index (χ3n) is 3.43. The summed E-state index contributed by atoms with van der Waals surface area (Å²) in [5.74, 6) is 2.06. The molecule has 0 N–H and O–H groups in total. The molecule has 3 rings (SSSR count). The molecule has 0 aliphatic rings. The average molecular weight is 319 g/mol. The lowest BCUT2D eigenvalue weighted by Crippen LogP contribution is -1.96. The first kappa shape index (κ1) is 14.5. The minimum atomic E-state index is 0.498. The zero-order chi connectivity index (χ0) is 15.7. The Morgan fingerprint density at radius 3 is 2.18 bits per heavy atom. The number of nitrogens with zero attached hydrogens (tertiary/aromatic N) is 2. The van der Waals surface area contributed by atoms with E-state index in [0.717, 1.165) is 16.8 Å². The number of fused-ring (bicyclic) bond motifs is 1. The second kappa shape index (κ2) is 5.77. The van der Waals surface area contributed by atoms with Gasteiger partial charge >= 0.3 is 0 Å². The molecule has 6 heteroatoms. The summed E-state index contributed by atoms with van der Waals surface area (Å²) in [7, 11) is 4.82. The smallest absolute Gasteiger partial charge is 0.150 e. The van der Waals surface area contributed by atoms with Crippen LogP contribution in [0, 0.1) is 0 Å². The van der Waals surface area contributed by atoms with Crippen molar-refractivity contribution >= 4 is 22.5 Å². The fourth-order valence-corrected chi connectivity index (χ4v) is 2.55. The van der Waals surface area contributed by atoms with E-state index in [4.69, 9.17) is 25.8 Å². The van der Waals surface area contributed by atoms with Crippen molar-refractivity contribution in [3.05, 3.63) is 41.6 Å². The normalized spacial score (nSPS) is 10.7. The van der Waals surface area contributed by atoms with Crippen molar-refractivity contribution < 1.29 is 14.2 Å². The van der Waals surface area contributed by atoms with Gasteiger partial charge in [-0.2, -0.15) is 5.10 Å². The van der Waals surface area contributed by atoms with Gasteiger partial charge in [-0.1, -0.05) is 11.6 Å². The molecule has 0 bridgehead atoms. The number of benzene rings is 2. The van der Waals surface area contributed by atoms with Gasteiger partial charge in [0, 0.05) is 11.5 Å². The van der Waals surface area contributed by atoms with Gasteiger partial charge in [0.15, 0.2) is 5.75 Å². The van der Waals surface area contributed by atoms with E-state index in [1.807, 2.05) is 30.3 Å². The van der Waals surface area contributed by atoms with E-state index in [1.54, 1.807) is 32.1 Å². The number of halogens is 1. The van der Waals surface area contributed by atoms with Gasteiger partial charge in [0.25, 0.3) is 0 Å². The Labute approximate surface area is 133 Å². The summed E-state index contributed by atoms with van der Waals surface area (Å²) in [5.41, 5.74) is 1.52. The predicted octanol–water partition coefficient (Wildman–Crippen LogP) is 3.70. The van der Waals surface area contributed by atoms with E-state index in [2.05, 4.69) is 5.10 Å². The maximum atomic E-state index is 6.48. The summed E-state index contributed by atoms with van der Waals surface area (Å²) < 4.78 is 17.5. The molecule has 0 atom stereocenters. The number of rotatable bonds is 4. The predicted molar refractivity (Wildman–Crippen MR) is 85.7 cm³/mol. The third-order valence-corrected chi connectivity index (χ3v) is 3.79. The molecule has 0 fully saturated rings. The quantitative estimate of drug-likeness (QED) is 0.735. The van der Waals surface area contributed by atoms with Crippen LogP contribution < -0.4 is 14.2 Å². The molecule has 2 aromatic carbocycles. The van der Waals surface area contributed by atoms with E-state index >= 15 is 0 Å². The molecule has 0 radical (unpaired) electrons. The first-order valence-electron chi connectivity index (χ1n) is 6.62. The highest BCUT2D eigenvalue weighted by Crippen LogP contribution is 2.35.